The predicted molar refractivity (Wildman–Crippen MR) is 150 cm³/mol. The van der Waals surface area contributed by atoms with Gasteiger partial charge in [0.1, 0.15) is 16.7 Å². The van der Waals surface area contributed by atoms with E-state index in [1.165, 1.54) is 0 Å². The highest BCUT2D eigenvalue weighted by Crippen LogP contribution is 2.35. The van der Waals surface area contributed by atoms with Crippen LogP contribution in [0.3, 0.4) is 0 Å². The molecule has 0 saturated heterocycles. The summed E-state index contributed by atoms with van der Waals surface area (Å²) in [7, 11) is -1.59. The Morgan fingerprint density at radius 2 is 1.78 bits per heavy atom. The lowest BCUT2D eigenvalue weighted by molar-refractivity contribution is 0.102. The van der Waals surface area contributed by atoms with Crippen LogP contribution in [-0.2, 0) is 16.9 Å². The molecule has 1 unspecified atom stereocenters. The molecule has 37 heavy (non-hydrogen) atoms. The number of carbonyl (C=O) groups excluding carboxylic acids is 1. The second kappa shape index (κ2) is 10.8. The number of aromatic amines is 1. The van der Waals surface area contributed by atoms with E-state index in [9.17, 15) is 9.00 Å². The summed E-state index contributed by atoms with van der Waals surface area (Å²) in [4.78, 5) is 21.2. The van der Waals surface area contributed by atoms with Gasteiger partial charge in [0.25, 0.3) is 5.91 Å². The zero-order valence-electron chi connectivity index (χ0n) is 19.5. The van der Waals surface area contributed by atoms with E-state index in [1.807, 2.05) is 60.8 Å². The maximum atomic E-state index is 13.1. The van der Waals surface area contributed by atoms with Gasteiger partial charge in [-0.1, -0.05) is 36.4 Å². The van der Waals surface area contributed by atoms with Crippen LogP contribution in [0.15, 0.2) is 96.0 Å². The van der Waals surface area contributed by atoms with Crippen LogP contribution < -0.4 is 10.0 Å². The molecular formula is C28H22ClN5O2S. The van der Waals surface area contributed by atoms with Crippen molar-refractivity contribution in [2.24, 2.45) is 0 Å². The van der Waals surface area contributed by atoms with E-state index >= 15 is 0 Å². The summed E-state index contributed by atoms with van der Waals surface area (Å²) in [6, 6.07) is 25.6. The van der Waals surface area contributed by atoms with Crippen LogP contribution in [0, 0.1) is 5.41 Å². The number of pyridine rings is 1. The molecule has 0 saturated carbocycles. The van der Waals surface area contributed by atoms with E-state index in [0.717, 1.165) is 28.2 Å². The molecule has 1 atom stereocenters. The number of nitrogens with one attached hydrogen (secondary N) is 4. The molecule has 1 amide bonds. The van der Waals surface area contributed by atoms with Gasteiger partial charge in [-0.05, 0) is 59.7 Å². The minimum Gasteiger partial charge on any atom is -0.361 e. The molecule has 7 nitrogen and oxygen atoms in total. The Hall–Kier alpha value is -4.27. The summed E-state index contributed by atoms with van der Waals surface area (Å²) in [6.45, 7) is 0. The number of alkyl halides is 1. The first-order chi connectivity index (χ1) is 18.1. The fourth-order valence-corrected chi connectivity index (χ4v) is 5.10. The maximum Gasteiger partial charge on any atom is 0.274 e. The first-order valence-electron chi connectivity index (χ1n) is 11.4. The van der Waals surface area contributed by atoms with Crippen molar-refractivity contribution in [2.75, 3.05) is 10.0 Å². The SMILES string of the molecule is N=Cc1c(NC(=O)c2cccc(CCl)n2)cc(-c2cccc3[nH]ccc23)cc1NS(=O)c1ccccc1. The number of H-pyrrole nitrogens is 1. The molecule has 2 heterocycles. The topological polar surface area (TPSA) is 111 Å². The van der Waals surface area contributed by atoms with Crippen LogP contribution in [0.1, 0.15) is 21.7 Å². The van der Waals surface area contributed by atoms with Gasteiger partial charge in [0.2, 0.25) is 0 Å². The molecule has 3 aromatic carbocycles. The van der Waals surface area contributed by atoms with Crippen molar-refractivity contribution in [3.63, 3.8) is 0 Å². The van der Waals surface area contributed by atoms with Crippen molar-refractivity contribution in [1.82, 2.24) is 9.97 Å². The number of amides is 1. The molecule has 0 aliphatic rings. The lowest BCUT2D eigenvalue weighted by atomic mass is 9.98. The number of carbonyl (C=O) groups is 1. The van der Waals surface area contributed by atoms with Gasteiger partial charge in [0, 0.05) is 28.9 Å². The highest BCUT2D eigenvalue weighted by atomic mass is 35.5. The summed E-state index contributed by atoms with van der Waals surface area (Å²) >= 11 is 5.89. The second-order valence-corrected chi connectivity index (χ2v) is 9.64. The molecule has 5 rings (SSSR count). The second-order valence-electron chi connectivity index (χ2n) is 8.16. The van der Waals surface area contributed by atoms with E-state index in [-0.39, 0.29) is 11.6 Å². The van der Waals surface area contributed by atoms with Crippen LogP contribution in [-0.4, -0.2) is 26.3 Å². The number of rotatable bonds is 8. The third kappa shape index (κ3) is 5.16. The van der Waals surface area contributed by atoms with Gasteiger partial charge >= 0.3 is 0 Å². The van der Waals surface area contributed by atoms with Gasteiger partial charge in [0.05, 0.1) is 27.8 Å². The Kier molecular flexibility index (Phi) is 7.11. The number of halogens is 1. The molecule has 9 heteroatoms. The summed E-state index contributed by atoms with van der Waals surface area (Å²) in [5.74, 6) is -0.259. The number of hydrogen-bond acceptors (Lipinski definition) is 4. The van der Waals surface area contributed by atoms with Crippen LogP contribution in [0.2, 0.25) is 0 Å². The van der Waals surface area contributed by atoms with Crippen molar-refractivity contribution in [3.8, 4) is 11.1 Å². The molecular weight excluding hydrogens is 506 g/mol. The number of fused-ring (bicyclic) bond motifs is 1. The zero-order chi connectivity index (χ0) is 25.8. The zero-order valence-corrected chi connectivity index (χ0v) is 21.1. The van der Waals surface area contributed by atoms with Gasteiger partial charge in [-0.2, -0.15) is 0 Å². The Balaban J connectivity index is 1.62. The lowest BCUT2D eigenvalue weighted by Crippen LogP contribution is -2.16. The van der Waals surface area contributed by atoms with E-state index in [1.54, 1.807) is 30.3 Å². The third-order valence-corrected chi connectivity index (χ3v) is 7.19. The fraction of sp³-hybridized carbons (Fsp3) is 0.0357. The van der Waals surface area contributed by atoms with Gasteiger partial charge in [-0.25, -0.2) is 9.19 Å². The maximum absolute atomic E-state index is 13.1. The summed E-state index contributed by atoms with van der Waals surface area (Å²) in [5, 5.41) is 12.0. The molecule has 2 aromatic heterocycles. The smallest absolute Gasteiger partial charge is 0.274 e. The molecule has 0 radical (unpaired) electrons. The number of hydrogen-bond donors (Lipinski definition) is 4. The standard InChI is InChI=1S/C28H22ClN5O2S/c29-16-19-6-4-11-25(32-19)28(35)33-26-14-18(21-9-5-10-24-22(21)12-13-31-24)15-27(23(26)17-30)34-37(36)20-7-2-1-3-8-20/h1-15,17,30-31,34H,16H2,(H,33,35). The van der Waals surface area contributed by atoms with Gasteiger partial charge in [-0.3, -0.25) is 4.79 Å². The van der Waals surface area contributed by atoms with Crippen molar-refractivity contribution in [1.29, 1.82) is 5.41 Å². The van der Waals surface area contributed by atoms with Crippen molar-refractivity contribution in [3.05, 3.63) is 108 Å². The summed E-state index contributed by atoms with van der Waals surface area (Å²) in [6.07, 6.45) is 2.99. The first kappa shape index (κ1) is 24.4. The number of benzene rings is 3. The Bertz CT molecular complexity index is 1630. The van der Waals surface area contributed by atoms with Crippen molar-refractivity contribution < 1.29 is 9.00 Å². The average Bonchev–Trinajstić information content (AvgIpc) is 3.42. The fourth-order valence-electron chi connectivity index (χ4n) is 4.06. The highest BCUT2D eigenvalue weighted by molar-refractivity contribution is 7.86. The lowest BCUT2D eigenvalue weighted by Gasteiger charge is -2.17. The van der Waals surface area contributed by atoms with Crippen molar-refractivity contribution >= 4 is 57.0 Å². The first-order valence-corrected chi connectivity index (χ1v) is 13.1. The largest absolute Gasteiger partial charge is 0.361 e. The molecule has 0 aliphatic heterocycles. The minimum atomic E-state index is -1.59. The van der Waals surface area contributed by atoms with Crippen LogP contribution in [0.5, 0.6) is 0 Å². The van der Waals surface area contributed by atoms with Crippen LogP contribution >= 0.6 is 11.6 Å². The molecule has 4 N–H and O–H groups in total. The molecule has 0 spiro atoms. The molecule has 5 aromatic rings. The average molecular weight is 528 g/mol. The monoisotopic (exact) mass is 527 g/mol. The van der Waals surface area contributed by atoms with Gasteiger partial charge in [-0.15, -0.1) is 11.6 Å². The Morgan fingerprint density at radius 1 is 1.00 bits per heavy atom. The molecule has 0 aliphatic carbocycles. The van der Waals surface area contributed by atoms with Gasteiger partial charge in [0.15, 0.2) is 0 Å². The Morgan fingerprint density at radius 3 is 2.57 bits per heavy atom. The molecule has 0 fully saturated rings. The van der Waals surface area contributed by atoms with E-state index in [4.69, 9.17) is 17.0 Å². The summed E-state index contributed by atoms with van der Waals surface area (Å²) < 4.78 is 16.2. The van der Waals surface area contributed by atoms with E-state index < -0.39 is 16.9 Å². The van der Waals surface area contributed by atoms with Crippen LogP contribution in [0.25, 0.3) is 22.0 Å². The molecule has 0 bridgehead atoms. The van der Waals surface area contributed by atoms with E-state index in [0.29, 0.717) is 27.5 Å². The number of aromatic nitrogens is 2. The quantitative estimate of drug-likeness (QED) is 0.139. The molecule has 184 valence electrons. The normalized spacial score (nSPS) is 11.7. The third-order valence-electron chi connectivity index (χ3n) is 5.81. The number of nitrogens with zero attached hydrogens (tertiary/aromatic N) is 1. The van der Waals surface area contributed by atoms with Gasteiger partial charge < -0.3 is 20.4 Å². The van der Waals surface area contributed by atoms with E-state index in [2.05, 4.69) is 20.0 Å². The van der Waals surface area contributed by atoms with Crippen LogP contribution in [0.4, 0.5) is 11.4 Å². The van der Waals surface area contributed by atoms with Crippen molar-refractivity contribution in [2.45, 2.75) is 10.8 Å². The summed E-state index contributed by atoms with van der Waals surface area (Å²) in [5.41, 5.74) is 4.66. The predicted octanol–water partition coefficient (Wildman–Crippen LogP) is 6.35. The highest BCUT2D eigenvalue weighted by Gasteiger charge is 2.18. The Labute approximate surface area is 221 Å². The minimum absolute atomic E-state index is 0.183. The number of anilines is 2.